The highest BCUT2D eigenvalue weighted by Gasteiger charge is 2.38. The van der Waals surface area contributed by atoms with Crippen LogP contribution in [-0.2, 0) is 9.59 Å². The number of amides is 1. The fourth-order valence-corrected chi connectivity index (χ4v) is 1.59. The van der Waals surface area contributed by atoms with Crippen molar-refractivity contribution in [1.29, 1.82) is 0 Å². The minimum Gasteiger partial charge on any atom is -0.475 e. The van der Waals surface area contributed by atoms with E-state index in [0.717, 1.165) is 25.9 Å². The lowest BCUT2D eigenvalue weighted by molar-refractivity contribution is -0.192. The third-order valence-corrected chi connectivity index (χ3v) is 2.32. The summed E-state index contributed by atoms with van der Waals surface area (Å²) in [4.78, 5) is 19.7. The predicted molar refractivity (Wildman–Crippen MR) is 58.0 cm³/mol. The minimum atomic E-state index is -5.08. The number of carboxylic acid groups (broad SMARTS) is 1. The Labute approximate surface area is 103 Å². The summed E-state index contributed by atoms with van der Waals surface area (Å²) in [6.45, 7) is 5.63. The largest absolute Gasteiger partial charge is 0.490 e. The molecule has 5 nitrogen and oxygen atoms in total. The van der Waals surface area contributed by atoms with Crippen LogP contribution in [0.1, 0.15) is 26.7 Å². The number of hydrogen-bond donors (Lipinski definition) is 3. The van der Waals surface area contributed by atoms with Gasteiger partial charge in [0.05, 0.1) is 0 Å². The first-order chi connectivity index (χ1) is 8.07. The lowest BCUT2D eigenvalue weighted by atomic mass is 9.92. The van der Waals surface area contributed by atoms with Crippen LogP contribution in [0.3, 0.4) is 0 Å². The van der Waals surface area contributed by atoms with Gasteiger partial charge < -0.3 is 15.7 Å². The van der Waals surface area contributed by atoms with Gasteiger partial charge in [-0.3, -0.25) is 4.79 Å². The Morgan fingerprint density at radius 1 is 1.39 bits per heavy atom. The van der Waals surface area contributed by atoms with Crippen molar-refractivity contribution in [3.8, 4) is 0 Å². The Kier molecular flexibility index (Phi) is 6.10. The summed E-state index contributed by atoms with van der Waals surface area (Å²) >= 11 is 0. The highest BCUT2D eigenvalue weighted by Crippen LogP contribution is 2.14. The van der Waals surface area contributed by atoms with Gasteiger partial charge in [-0.05, 0) is 26.3 Å². The molecule has 1 aliphatic rings. The molecule has 1 heterocycles. The maximum atomic E-state index is 10.8. The lowest BCUT2D eigenvalue weighted by Crippen LogP contribution is -2.54. The van der Waals surface area contributed by atoms with Crippen LogP contribution in [0.15, 0.2) is 0 Å². The molecule has 1 atom stereocenters. The molecular formula is C10H17F3N2O3. The zero-order valence-corrected chi connectivity index (χ0v) is 10.2. The van der Waals surface area contributed by atoms with Gasteiger partial charge in [0, 0.05) is 19.0 Å². The fraction of sp³-hybridized carbons (Fsp3) is 0.800. The van der Waals surface area contributed by atoms with Crippen LogP contribution in [0, 0.1) is 0 Å². The maximum Gasteiger partial charge on any atom is 0.490 e. The van der Waals surface area contributed by atoms with Crippen molar-refractivity contribution in [1.82, 2.24) is 10.6 Å². The molecule has 1 fully saturated rings. The van der Waals surface area contributed by atoms with Gasteiger partial charge in [0.1, 0.15) is 0 Å². The van der Waals surface area contributed by atoms with Gasteiger partial charge >= 0.3 is 12.1 Å². The number of carbonyl (C=O) groups is 2. The molecule has 0 aromatic rings. The van der Waals surface area contributed by atoms with Crippen LogP contribution in [0.5, 0.6) is 0 Å². The van der Waals surface area contributed by atoms with E-state index in [1.165, 1.54) is 0 Å². The first kappa shape index (κ1) is 16.7. The van der Waals surface area contributed by atoms with Crippen LogP contribution in [0.25, 0.3) is 0 Å². The van der Waals surface area contributed by atoms with E-state index in [9.17, 15) is 18.0 Å². The summed E-state index contributed by atoms with van der Waals surface area (Å²) < 4.78 is 31.7. The first-order valence-corrected chi connectivity index (χ1v) is 5.36. The second-order valence-corrected chi connectivity index (χ2v) is 4.33. The van der Waals surface area contributed by atoms with Crippen LogP contribution in [-0.4, -0.2) is 41.8 Å². The zero-order valence-electron chi connectivity index (χ0n) is 10.2. The van der Waals surface area contributed by atoms with Crippen molar-refractivity contribution >= 4 is 11.9 Å². The Morgan fingerprint density at radius 3 is 2.17 bits per heavy atom. The second kappa shape index (κ2) is 6.58. The van der Waals surface area contributed by atoms with E-state index < -0.39 is 12.1 Å². The molecule has 0 bridgehead atoms. The molecule has 1 aliphatic heterocycles. The normalized spacial score (nSPS) is 23.6. The van der Waals surface area contributed by atoms with E-state index in [1.54, 1.807) is 6.92 Å². The summed E-state index contributed by atoms with van der Waals surface area (Å²) in [6, 6.07) is 0. The Hall–Kier alpha value is -1.31. The number of piperidine rings is 1. The Balaban J connectivity index is 0.000000360. The third kappa shape index (κ3) is 7.10. The van der Waals surface area contributed by atoms with Crippen molar-refractivity contribution < 1.29 is 27.9 Å². The number of carbonyl (C=O) groups excluding carboxylic acids is 1. The summed E-state index contributed by atoms with van der Waals surface area (Å²) in [5, 5.41) is 13.3. The number of halogens is 3. The van der Waals surface area contributed by atoms with Crippen LogP contribution in [0.4, 0.5) is 13.2 Å². The number of hydrogen-bond acceptors (Lipinski definition) is 3. The molecular weight excluding hydrogens is 253 g/mol. The molecule has 1 rings (SSSR count). The highest BCUT2D eigenvalue weighted by atomic mass is 19.4. The van der Waals surface area contributed by atoms with Gasteiger partial charge in [0.15, 0.2) is 0 Å². The molecule has 8 heteroatoms. The molecule has 1 unspecified atom stereocenters. The summed E-state index contributed by atoms with van der Waals surface area (Å²) in [5.74, 6) is -2.69. The molecule has 0 aliphatic carbocycles. The van der Waals surface area contributed by atoms with Gasteiger partial charge in [-0.1, -0.05) is 0 Å². The monoisotopic (exact) mass is 270 g/mol. The van der Waals surface area contributed by atoms with Gasteiger partial charge in [-0.2, -0.15) is 13.2 Å². The molecule has 0 aromatic carbocycles. The van der Waals surface area contributed by atoms with Crippen molar-refractivity contribution in [3.63, 3.8) is 0 Å². The second-order valence-electron chi connectivity index (χ2n) is 4.33. The predicted octanol–water partition coefficient (Wildman–Crippen LogP) is 0.898. The number of alkyl halides is 3. The quantitative estimate of drug-likeness (QED) is 0.661. The van der Waals surface area contributed by atoms with Crippen LogP contribution >= 0.6 is 0 Å². The molecule has 106 valence electrons. The Morgan fingerprint density at radius 2 is 1.89 bits per heavy atom. The van der Waals surface area contributed by atoms with Gasteiger partial charge in [0.25, 0.3) is 0 Å². The van der Waals surface area contributed by atoms with Gasteiger partial charge in [-0.15, -0.1) is 0 Å². The zero-order chi connectivity index (χ0) is 14.4. The first-order valence-electron chi connectivity index (χ1n) is 5.36. The molecule has 1 saturated heterocycles. The average molecular weight is 270 g/mol. The highest BCUT2D eigenvalue weighted by molar-refractivity contribution is 5.73. The summed E-state index contributed by atoms with van der Waals surface area (Å²) in [7, 11) is 0. The van der Waals surface area contributed by atoms with Crippen molar-refractivity contribution in [2.45, 2.75) is 38.4 Å². The topological polar surface area (TPSA) is 78.4 Å². The molecule has 0 saturated carbocycles. The van der Waals surface area contributed by atoms with E-state index in [1.807, 2.05) is 0 Å². The Bertz CT molecular complexity index is 299. The van der Waals surface area contributed by atoms with Crippen molar-refractivity contribution in [3.05, 3.63) is 0 Å². The smallest absolute Gasteiger partial charge is 0.475 e. The SMILES string of the molecule is CC(=O)NC1(C)CCCNC1.O=C(O)C(F)(F)F. The number of rotatable bonds is 1. The molecule has 1 amide bonds. The van der Waals surface area contributed by atoms with Gasteiger partial charge in [-0.25, -0.2) is 4.79 Å². The molecule has 0 aromatic heterocycles. The van der Waals surface area contributed by atoms with Gasteiger partial charge in [0.2, 0.25) is 5.91 Å². The van der Waals surface area contributed by atoms with Crippen molar-refractivity contribution in [2.75, 3.05) is 13.1 Å². The summed E-state index contributed by atoms with van der Waals surface area (Å²) in [6.07, 6.45) is -2.85. The average Bonchev–Trinajstić information content (AvgIpc) is 2.15. The van der Waals surface area contributed by atoms with E-state index in [-0.39, 0.29) is 11.4 Å². The van der Waals surface area contributed by atoms with Crippen LogP contribution < -0.4 is 10.6 Å². The van der Waals surface area contributed by atoms with E-state index in [0.29, 0.717) is 0 Å². The third-order valence-electron chi connectivity index (χ3n) is 2.32. The fourth-order valence-electron chi connectivity index (χ4n) is 1.59. The molecule has 0 spiro atoms. The number of aliphatic carboxylic acids is 1. The lowest BCUT2D eigenvalue weighted by Gasteiger charge is -2.34. The van der Waals surface area contributed by atoms with Crippen LogP contribution in [0.2, 0.25) is 0 Å². The molecule has 0 radical (unpaired) electrons. The maximum absolute atomic E-state index is 10.8. The van der Waals surface area contributed by atoms with E-state index >= 15 is 0 Å². The molecule has 18 heavy (non-hydrogen) atoms. The molecule has 3 N–H and O–H groups in total. The van der Waals surface area contributed by atoms with E-state index in [4.69, 9.17) is 9.90 Å². The summed E-state index contributed by atoms with van der Waals surface area (Å²) in [5.41, 5.74) is -0.00984. The number of carboxylic acids is 1. The number of nitrogens with one attached hydrogen (secondary N) is 2. The van der Waals surface area contributed by atoms with E-state index in [2.05, 4.69) is 17.6 Å². The van der Waals surface area contributed by atoms with Crippen molar-refractivity contribution in [2.24, 2.45) is 0 Å². The minimum absolute atomic E-state index is 0.00984. The standard InChI is InChI=1S/C8H16N2O.C2HF3O2/c1-7(11)10-8(2)4-3-5-9-6-8;3-2(4,5)1(6)7/h9H,3-6H2,1-2H3,(H,10,11);(H,6,7).